The largest absolute Gasteiger partial charge is 0.380 e. The van der Waals surface area contributed by atoms with Crippen LogP contribution in [0.2, 0.25) is 0 Å². The van der Waals surface area contributed by atoms with Crippen LogP contribution in [0.15, 0.2) is 27.9 Å². The van der Waals surface area contributed by atoms with Crippen LogP contribution in [0, 0.1) is 0 Å². The molecule has 2 aromatic heterocycles. The first kappa shape index (κ1) is 16.9. The minimum atomic E-state index is -0.134. The number of nitrogens with zero attached hydrogens (tertiary/aromatic N) is 5. The van der Waals surface area contributed by atoms with E-state index < -0.39 is 0 Å². The van der Waals surface area contributed by atoms with Gasteiger partial charge in [-0.1, -0.05) is 6.92 Å². The van der Waals surface area contributed by atoms with Crippen LogP contribution in [0.3, 0.4) is 0 Å². The Morgan fingerprint density at radius 2 is 2.08 bits per heavy atom. The Bertz CT molecular complexity index is 769. The SMILES string of the molecule is CCc1cc(N2CCC(Nc3cnn(C)c(=O)c3Br)CC2)ncn1. The van der Waals surface area contributed by atoms with Crippen molar-refractivity contribution in [3.8, 4) is 0 Å². The summed E-state index contributed by atoms with van der Waals surface area (Å²) < 4.78 is 1.85. The van der Waals surface area contributed by atoms with Crippen molar-refractivity contribution in [1.82, 2.24) is 19.7 Å². The molecular weight excluding hydrogens is 372 g/mol. The quantitative estimate of drug-likeness (QED) is 0.856. The fraction of sp³-hybridized carbons (Fsp3) is 0.500. The highest BCUT2D eigenvalue weighted by atomic mass is 79.9. The monoisotopic (exact) mass is 392 g/mol. The number of piperidine rings is 1. The van der Waals surface area contributed by atoms with Crippen molar-refractivity contribution in [1.29, 1.82) is 0 Å². The predicted molar refractivity (Wildman–Crippen MR) is 97.4 cm³/mol. The van der Waals surface area contributed by atoms with Crippen molar-refractivity contribution >= 4 is 27.4 Å². The molecule has 1 aliphatic heterocycles. The summed E-state index contributed by atoms with van der Waals surface area (Å²) in [6, 6.07) is 2.38. The lowest BCUT2D eigenvalue weighted by Gasteiger charge is -2.33. The lowest BCUT2D eigenvalue weighted by atomic mass is 10.0. The van der Waals surface area contributed by atoms with Gasteiger partial charge in [-0.05, 0) is 35.2 Å². The van der Waals surface area contributed by atoms with Crippen LogP contribution in [-0.4, -0.2) is 38.9 Å². The van der Waals surface area contributed by atoms with E-state index >= 15 is 0 Å². The standard InChI is InChI=1S/C16H21BrN6O/c1-3-11-8-14(19-10-18-11)23-6-4-12(5-7-23)21-13-9-20-22(2)16(24)15(13)17/h8-10,12,21H,3-7H2,1-2H3. The van der Waals surface area contributed by atoms with Crippen LogP contribution in [0.4, 0.5) is 11.5 Å². The van der Waals surface area contributed by atoms with Crippen LogP contribution in [0.1, 0.15) is 25.5 Å². The summed E-state index contributed by atoms with van der Waals surface area (Å²) >= 11 is 3.36. The molecule has 0 saturated carbocycles. The van der Waals surface area contributed by atoms with Crippen molar-refractivity contribution < 1.29 is 0 Å². The van der Waals surface area contributed by atoms with E-state index in [1.54, 1.807) is 19.6 Å². The first-order valence-corrected chi connectivity index (χ1v) is 8.92. The molecular formula is C16H21BrN6O. The lowest BCUT2D eigenvalue weighted by Crippen LogP contribution is -2.40. The van der Waals surface area contributed by atoms with Gasteiger partial charge in [0.2, 0.25) is 0 Å². The van der Waals surface area contributed by atoms with E-state index in [-0.39, 0.29) is 5.56 Å². The molecule has 3 rings (SSSR count). The maximum absolute atomic E-state index is 11.9. The third-order valence-corrected chi connectivity index (χ3v) is 5.09. The van der Waals surface area contributed by atoms with Gasteiger partial charge in [0.25, 0.3) is 5.56 Å². The molecule has 2 aromatic rings. The summed E-state index contributed by atoms with van der Waals surface area (Å²) in [6.07, 6.45) is 6.20. The third kappa shape index (κ3) is 3.58. The topological polar surface area (TPSA) is 75.9 Å². The highest BCUT2D eigenvalue weighted by Gasteiger charge is 2.21. The fourth-order valence-electron chi connectivity index (χ4n) is 2.84. The Hall–Kier alpha value is -1.96. The van der Waals surface area contributed by atoms with Crippen molar-refractivity contribution in [2.75, 3.05) is 23.3 Å². The van der Waals surface area contributed by atoms with Crippen molar-refractivity contribution in [2.24, 2.45) is 7.05 Å². The van der Waals surface area contributed by atoms with E-state index in [1.807, 2.05) is 0 Å². The summed E-state index contributed by atoms with van der Waals surface area (Å²) in [5.41, 5.74) is 1.69. The first-order chi connectivity index (χ1) is 11.6. The molecule has 3 heterocycles. The summed E-state index contributed by atoms with van der Waals surface area (Å²) in [5.74, 6) is 0.997. The Kier molecular flexibility index (Phi) is 5.13. The smallest absolute Gasteiger partial charge is 0.282 e. The number of rotatable bonds is 4. The van der Waals surface area contributed by atoms with Crippen molar-refractivity contribution in [2.45, 2.75) is 32.2 Å². The summed E-state index contributed by atoms with van der Waals surface area (Å²) in [5, 5.41) is 7.50. The van der Waals surface area contributed by atoms with Crippen molar-refractivity contribution in [3.63, 3.8) is 0 Å². The van der Waals surface area contributed by atoms with Crippen molar-refractivity contribution in [3.05, 3.63) is 39.1 Å². The number of aryl methyl sites for hydroxylation is 2. The predicted octanol–water partition coefficient (Wildman–Crippen LogP) is 1.98. The molecule has 0 amide bonds. The maximum Gasteiger partial charge on any atom is 0.282 e. The normalized spacial score (nSPS) is 15.5. The Morgan fingerprint density at radius 1 is 1.33 bits per heavy atom. The van der Waals surface area contributed by atoms with E-state index in [1.165, 1.54) is 4.68 Å². The van der Waals surface area contributed by atoms with Gasteiger partial charge >= 0.3 is 0 Å². The highest BCUT2D eigenvalue weighted by Crippen LogP contribution is 2.23. The molecule has 0 radical (unpaired) electrons. The van der Waals surface area contributed by atoms with Crippen LogP contribution in [-0.2, 0) is 13.5 Å². The van der Waals surface area contributed by atoms with Crippen LogP contribution >= 0.6 is 15.9 Å². The minimum absolute atomic E-state index is 0.134. The van der Waals surface area contributed by atoms with Crippen LogP contribution < -0.4 is 15.8 Å². The zero-order valence-corrected chi connectivity index (χ0v) is 15.5. The second-order valence-corrected chi connectivity index (χ2v) is 6.72. The molecule has 1 N–H and O–H groups in total. The molecule has 0 unspecified atom stereocenters. The Balaban J connectivity index is 1.63. The number of nitrogens with one attached hydrogen (secondary N) is 1. The summed E-state index contributed by atoms with van der Waals surface area (Å²) in [4.78, 5) is 22.9. The maximum atomic E-state index is 11.9. The zero-order chi connectivity index (χ0) is 17.1. The lowest BCUT2D eigenvalue weighted by molar-refractivity contribution is 0.522. The zero-order valence-electron chi connectivity index (χ0n) is 13.9. The number of hydrogen-bond acceptors (Lipinski definition) is 6. The third-order valence-electron chi connectivity index (χ3n) is 4.33. The molecule has 1 aliphatic rings. The first-order valence-electron chi connectivity index (χ1n) is 8.12. The Morgan fingerprint density at radius 3 is 2.79 bits per heavy atom. The van der Waals surface area contributed by atoms with E-state index in [2.05, 4.69) is 54.2 Å². The molecule has 0 aliphatic carbocycles. The van der Waals surface area contributed by atoms with Gasteiger partial charge in [-0.3, -0.25) is 4.79 Å². The molecule has 24 heavy (non-hydrogen) atoms. The van der Waals surface area contributed by atoms with E-state index in [9.17, 15) is 4.79 Å². The van der Waals surface area contributed by atoms with Gasteiger partial charge in [0.05, 0.1) is 11.9 Å². The minimum Gasteiger partial charge on any atom is -0.380 e. The fourth-order valence-corrected chi connectivity index (χ4v) is 3.31. The van der Waals surface area contributed by atoms with Crippen LogP contribution in [0.25, 0.3) is 0 Å². The van der Waals surface area contributed by atoms with Gasteiger partial charge in [-0.15, -0.1) is 0 Å². The van der Waals surface area contributed by atoms with E-state index in [4.69, 9.17) is 0 Å². The highest BCUT2D eigenvalue weighted by molar-refractivity contribution is 9.10. The van der Waals surface area contributed by atoms with Crippen LogP contribution in [0.5, 0.6) is 0 Å². The van der Waals surface area contributed by atoms with Gasteiger partial charge in [0.1, 0.15) is 16.6 Å². The second-order valence-electron chi connectivity index (χ2n) is 5.93. The molecule has 128 valence electrons. The Labute approximate surface area is 149 Å². The number of halogens is 1. The molecule has 1 fully saturated rings. The average molecular weight is 393 g/mol. The van der Waals surface area contributed by atoms with Gasteiger partial charge in [-0.2, -0.15) is 5.10 Å². The number of anilines is 2. The van der Waals surface area contributed by atoms with Gasteiger partial charge in [0, 0.05) is 37.9 Å². The summed E-state index contributed by atoms with van der Waals surface area (Å²) in [6.45, 7) is 3.94. The molecule has 0 atom stereocenters. The molecule has 0 spiro atoms. The van der Waals surface area contributed by atoms with Gasteiger partial charge in [0.15, 0.2) is 0 Å². The number of hydrogen-bond donors (Lipinski definition) is 1. The molecule has 8 heteroatoms. The summed E-state index contributed by atoms with van der Waals surface area (Å²) in [7, 11) is 1.64. The molecule has 0 aromatic carbocycles. The molecule has 0 bridgehead atoms. The van der Waals surface area contributed by atoms with E-state index in [0.717, 1.165) is 49.6 Å². The second kappa shape index (κ2) is 7.29. The molecule has 1 saturated heterocycles. The van der Waals surface area contributed by atoms with E-state index in [0.29, 0.717) is 10.5 Å². The molecule has 7 nitrogen and oxygen atoms in total. The van der Waals surface area contributed by atoms with Gasteiger partial charge < -0.3 is 10.2 Å². The number of aromatic nitrogens is 4. The average Bonchev–Trinajstić information content (AvgIpc) is 2.63. The van der Waals surface area contributed by atoms with Gasteiger partial charge in [-0.25, -0.2) is 14.6 Å².